The summed E-state index contributed by atoms with van der Waals surface area (Å²) in [5.74, 6) is -0.656. The van der Waals surface area contributed by atoms with Crippen LogP contribution in [-0.4, -0.2) is 35.1 Å². The van der Waals surface area contributed by atoms with Crippen molar-refractivity contribution >= 4 is 12.0 Å². The fraction of sp³-hybridized carbons (Fsp3) is 0.467. The van der Waals surface area contributed by atoms with Crippen molar-refractivity contribution < 1.29 is 14.7 Å². The maximum absolute atomic E-state index is 12.2. The Morgan fingerprint density at radius 2 is 2.10 bits per heavy atom. The number of amides is 2. The maximum Gasteiger partial charge on any atom is 0.331 e. The molecule has 1 aliphatic heterocycles. The second kappa shape index (κ2) is 5.94. The Labute approximate surface area is 118 Å². The van der Waals surface area contributed by atoms with Gasteiger partial charge in [-0.3, -0.25) is 0 Å². The van der Waals surface area contributed by atoms with Crippen LogP contribution in [0, 0.1) is 5.92 Å². The largest absolute Gasteiger partial charge is 0.479 e. The van der Waals surface area contributed by atoms with Crippen molar-refractivity contribution in [2.45, 2.75) is 26.3 Å². The molecule has 0 fully saturated rings. The molecular formula is C15H20N2O3. The fourth-order valence-corrected chi connectivity index (χ4v) is 2.44. The topological polar surface area (TPSA) is 69.6 Å². The van der Waals surface area contributed by atoms with Gasteiger partial charge < -0.3 is 15.3 Å². The highest BCUT2D eigenvalue weighted by molar-refractivity contribution is 5.84. The quantitative estimate of drug-likeness (QED) is 0.887. The average Bonchev–Trinajstić information content (AvgIpc) is 2.43. The van der Waals surface area contributed by atoms with Gasteiger partial charge in [-0.1, -0.05) is 38.1 Å². The molecule has 1 atom stereocenters. The van der Waals surface area contributed by atoms with E-state index in [0.717, 1.165) is 5.56 Å². The number of carbonyl (C=O) groups is 2. The minimum atomic E-state index is -0.989. The van der Waals surface area contributed by atoms with Gasteiger partial charge in [0.1, 0.15) is 0 Å². The molecule has 0 radical (unpaired) electrons. The number of carbonyl (C=O) groups excluding carboxylic acids is 1. The van der Waals surface area contributed by atoms with Crippen LogP contribution in [0.5, 0.6) is 0 Å². The van der Waals surface area contributed by atoms with Crippen LogP contribution in [0.3, 0.4) is 0 Å². The van der Waals surface area contributed by atoms with E-state index in [1.807, 2.05) is 32.0 Å². The Balaban J connectivity index is 2.22. The molecule has 2 rings (SSSR count). The Morgan fingerprint density at radius 3 is 2.75 bits per heavy atom. The van der Waals surface area contributed by atoms with Gasteiger partial charge in [0.2, 0.25) is 0 Å². The molecule has 2 N–H and O–H groups in total. The third-order valence-corrected chi connectivity index (χ3v) is 3.44. The lowest BCUT2D eigenvalue weighted by Crippen LogP contribution is -2.48. The van der Waals surface area contributed by atoms with Crippen molar-refractivity contribution in [3.05, 3.63) is 35.4 Å². The number of benzene rings is 1. The highest BCUT2D eigenvalue weighted by atomic mass is 16.4. The number of aliphatic carboxylic acids is 1. The van der Waals surface area contributed by atoms with E-state index in [4.69, 9.17) is 0 Å². The molecule has 108 valence electrons. The molecule has 20 heavy (non-hydrogen) atoms. The molecule has 1 aliphatic rings. The van der Waals surface area contributed by atoms with E-state index in [1.165, 1.54) is 4.90 Å². The predicted molar refractivity (Wildman–Crippen MR) is 75.5 cm³/mol. The number of fused-ring (bicyclic) bond motifs is 1. The van der Waals surface area contributed by atoms with Gasteiger partial charge in [0.15, 0.2) is 6.04 Å². The average molecular weight is 276 g/mol. The molecule has 1 aromatic rings. The monoisotopic (exact) mass is 276 g/mol. The van der Waals surface area contributed by atoms with Gasteiger partial charge in [-0.25, -0.2) is 9.59 Å². The van der Waals surface area contributed by atoms with Gasteiger partial charge in [0, 0.05) is 13.1 Å². The van der Waals surface area contributed by atoms with Crippen molar-refractivity contribution in [1.29, 1.82) is 0 Å². The summed E-state index contributed by atoms with van der Waals surface area (Å²) in [6.07, 6.45) is 0.690. The van der Waals surface area contributed by atoms with E-state index >= 15 is 0 Å². The van der Waals surface area contributed by atoms with Crippen LogP contribution in [-0.2, 0) is 11.2 Å². The lowest BCUT2D eigenvalue weighted by Gasteiger charge is -2.34. The molecule has 0 saturated carbocycles. The van der Waals surface area contributed by atoms with Crippen molar-refractivity contribution in [3.63, 3.8) is 0 Å². The van der Waals surface area contributed by atoms with Crippen molar-refractivity contribution in [2.24, 2.45) is 5.92 Å². The molecule has 0 saturated heterocycles. The summed E-state index contributed by atoms with van der Waals surface area (Å²) < 4.78 is 0. The van der Waals surface area contributed by atoms with E-state index in [9.17, 15) is 14.7 Å². The third kappa shape index (κ3) is 2.92. The van der Waals surface area contributed by atoms with Gasteiger partial charge in [0.05, 0.1) is 0 Å². The highest BCUT2D eigenvalue weighted by Gasteiger charge is 2.35. The van der Waals surface area contributed by atoms with Crippen LogP contribution in [0.4, 0.5) is 4.79 Å². The molecule has 0 aromatic heterocycles. The smallest absolute Gasteiger partial charge is 0.331 e. The number of carboxylic acids is 1. The standard InChI is InChI=1S/C15H20N2O3/c1-10(2)9-16-15(20)17-8-7-11-5-3-4-6-12(11)13(17)14(18)19/h3-6,10,13H,7-9H2,1-2H3,(H,16,20)(H,18,19). The molecule has 1 unspecified atom stereocenters. The van der Waals surface area contributed by atoms with Crippen LogP contribution in [0.1, 0.15) is 31.0 Å². The van der Waals surface area contributed by atoms with Crippen molar-refractivity contribution in [3.8, 4) is 0 Å². The summed E-state index contributed by atoms with van der Waals surface area (Å²) in [7, 11) is 0. The maximum atomic E-state index is 12.2. The number of urea groups is 1. The van der Waals surface area contributed by atoms with Crippen LogP contribution in [0.25, 0.3) is 0 Å². The molecule has 0 bridgehead atoms. The SMILES string of the molecule is CC(C)CNC(=O)N1CCc2ccccc2C1C(=O)O. The number of nitrogens with zero attached hydrogens (tertiary/aromatic N) is 1. The first-order valence-electron chi connectivity index (χ1n) is 6.85. The molecule has 1 aromatic carbocycles. The van der Waals surface area contributed by atoms with Crippen molar-refractivity contribution in [1.82, 2.24) is 10.2 Å². The Bertz CT molecular complexity index is 514. The zero-order valence-corrected chi connectivity index (χ0v) is 11.8. The van der Waals surface area contributed by atoms with Crippen LogP contribution in [0.15, 0.2) is 24.3 Å². The number of rotatable bonds is 3. The lowest BCUT2D eigenvalue weighted by atomic mass is 9.93. The van der Waals surface area contributed by atoms with E-state index in [-0.39, 0.29) is 6.03 Å². The second-order valence-electron chi connectivity index (χ2n) is 5.46. The first-order chi connectivity index (χ1) is 9.50. The van der Waals surface area contributed by atoms with Crippen LogP contribution < -0.4 is 5.32 Å². The predicted octanol–water partition coefficient (Wildman–Crippen LogP) is 2.04. The molecule has 0 aliphatic carbocycles. The summed E-state index contributed by atoms with van der Waals surface area (Å²) in [6.45, 7) is 4.97. The summed E-state index contributed by atoms with van der Waals surface area (Å²) in [5.41, 5.74) is 1.72. The van der Waals surface area contributed by atoms with Gasteiger partial charge in [-0.05, 0) is 23.5 Å². The van der Waals surface area contributed by atoms with Gasteiger partial charge in [0.25, 0.3) is 0 Å². The summed E-state index contributed by atoms with van der Waals surface area (Å²) in [5, 5.41) is 12.3. The van der Waals surface area contributed by atoms with Gasteiger partial charge >= 0.3 is 12.0 Å². The van der Waals surface area contributed by atoms with E-state index in [0.29, 0.717) is 31.0 Å². The number of nitrogens with one attached hydrogen (secondary N) is 1. The zero-order valence-electron chi connectivity index (χ0n) is 11.8. The lowest BCUT2D eigenvalue weighted by molar-refractivity contribution is -0.142. The number of carboxylic acid groups (broad SMARTS) is 1. The highest BCUT2D eigenvalue weighted by Crippen LogP contribution is 2.29. The minimum Gasteiger partial charge on any atom is -0.479 e. The Hall–Kier alpha value is -2.04. The molecule has 0 spiro atoms. The van der Waals surface area contributed by atoms with Gasteiger partial charge in [-0.2, -0.15) is 0 Å². The number of hydrogen-bond acceptors (Lipinski definition) is 2. The molecule has 5 nitrogen and oxygen atoms in total. The molecular weight excluding hydrogens is 256 g/mol. The third-order valence-electron chi connectivity index (χ3n) is 3.44. The fourth-order valence-electron chi connectivity index (χ4n) is 2.44. The molecule has 2 amide bonds. The normalized spacial score (nSPS) is 17.8. The zero-order chi connectivity index (χ0) is 14.7. The first-order valence-corrected chi connectivity index (χ1v) is 6.85. The van der Waals surface area contributed by atoms with E-state index in [1.54, 1.807) is 6.07 Å². The summed E-state index contributed by atoms with van der Waals surface area (Å²) >= 11 is 0. The summed E-state index contributed by atoms with van der Waals surface area (Å²) in [4.78, 5) is 25.1. The first kappa shape index (κ1) is 14.4. The molecule has 1 heterocycles. The Morgan fingerprint density at radius 1 is 1.40 bits per heavy atom. The van der Waals surface area contributed by atoms with Crippen LogP contribution in [0.2, 0.25) is 0 Å². The van der Waals surface area contributed by atoms with Gasteiger partial charge in [-0.15, -0.1) is 0 Å². The molecule has 5 heteroatoms. The van der Waals surface area contributed by atoms with Crippen molar-refractivity contribution in [2.75, 3.05) is 13.1 Å². The van der Waals surface area contributed by atoms with Crippen LogP contribution >= 0.6 is 0 Å². The minimum absolute atomic E-state index is 0.305. The summed E-state index contributed by atoms with van der Waals surface area (Å²) in [6, 6.07) is 6.22. The Kier molecular flexibility index (Phi) is 4.27. The number of hydrogen-bond donors (Lipinski definition) is 2. The van der Waals surface area contributed by atoms with E-state index < -0.39 is 12.0 Å². The van der Waals surface area contributed by atoms with E-state index in [2.05, 4.69) is 5.32 Å². The second-order valence-corrected chi connectivity index (χ2v) is 5.46.